The summed E-state index contributed by atoms with van der Waals surface area (Å²) in [6.07, 6.45) is -4.00. The Labute approximate surface area is 140 Å². The standard InChI is InChI=1S/C16H11ClF3NO3/c17-14-5-4-11(7-13(14)16(18,19)20)21-15(23)9-24-12-3-1-2-10(6-12)8-22/h1-8H,9H2,(H,21,23). The van der Waals surface area contributed by atoms with Crippen LogP contribution in [0.4, 0.5) is 18.9 Å². The van der Waals surface area contributed by atoms with E-state index in [2.05, 4.69) is 5.32 Å². The van der Waals surface area contributed by atoms with Gasteiger partial charge in [0.25, 0.3) is 5.91 Å². The van der Waals surface area contributed by atoms with Crippen LogP contribution in [0.25, 0.3) is 0 Å². The van der Waals surface area contributed by atoms with E-state index in [1.165, 1.54) is 12.1 Å². The van der Waals surface area contributed by atoms with Crippen molar-refractivity contribution in [2.24, 2.45) is 0 Å². The number of alkyl halides is 3. The van der Waals surface area contributed by atoms with Gasteiger partial charge in [0, 0.05) is 11.3 Å². The van der Waals surface area contributed by atoms with Crippen LogP contribution in [0.2, 0.25) is 5.02 Å². The third-order valence-electron chi connectivity index (χ3n) is 2.92. The van der Waals surface area contributed by atoms with Crippen molar-refractivity contribution >= 4 is 29.5 Å². The molecule has 1 amide bonds. The number of amides is 1. The van der Waals surface area contributed by atoms with Crippen LogP contribution in [0.15, 0.2) is 42.5 Å². The molecule has 0 bridgehead atoms. The van der Waals surface area contributed by atoms with Crippen molar-refractivity contribution in [3.8, 4) is 5.75 Å². The van der Waals surface area contributed by atoms with Crippen LogP contribution in [-0.2, 0) is 11.0 Å². The zero-order valence-electron chi connectivity index (χ0n) is 12.1. The molecule has 2 aromatic carbocycles. The first-order valence-corrected chi connectivity index (χ1v) is 7.02. The molecule has 0 atom stereocenters. The number of hydrogen-bond donors (Lipinski definition) is 1. The van der Waals surface area contributed by atoms with E-state index in [9.17, 15) is 22.8 Å². The lowest BCUT2D eigenvalue weighted by Gasteiger charge is -2.12. The third kappa shape index (κ3) is 4.73. The molecule has 4 nitrogen and oxygen atoms in total. The first kappa shape index (κ1) is 17.8. The molecule has 0 aromatic heterocycles. The number of carbonyl (C=O) groups is 2. The second-order valence-electron chi connectivity index (χ2n) is 4.72. The number of carbonyl (C=O) groups excluding carboxylic acids is 2. The molecular formula is C16H11ClF3NO3. The average Bonchev–Trinajstić information content (AvgIpc) is 2.54. The average molecular weight is 358 g/mol. The minimum atomic E-state index is -4.62. The lowest BCUT2D eigenvalue weighted by molar-refractivity contribution is -0.137. The summed E-state index contributed by atoms with van der Waals surface area (Å²) in [4.78, 5) is 22.4. The SMILES string of the molecule is O=Cc1cccc(OCC(=O)Nc2ccc(Cl)c(C(F)(F)F)c2)c1. The van der Waals surface area contributed by atoms with Crippen molar-refractivity contribution in [1.29, 1.82) is 0 Å². The van der Waals surface area contributed by atoms with Gasteiger partial charge in [0.2, 0.25) is 0 Å². The van der Waals surface area contributed by atoms with Crippen molar-refractivity contribution in [2.45, 2.75) is 6.18 Å². The second kappa shape index (κ2) is 7.35. The van der Waals surface area contributed by atoms with Crippen LogP contribution in [0.1, 0.15) is 15.9 Å². The predicted molar refractivity (Wildman–Crippen MR) is 82.4 cm³/mol. The maximum absolute atomic E-state index is 12.8. The van der Waals surface area contributed by atoms with Crippen LogP contribution in [0.3, 0.4) is 0 Å². The molecule has 2 rings (SSSR count). The van der Waals surface area contributed by atoms with Crippen molar-refractivity contribution in [1.82, 2.24) is 0 Å². The summed E-state index contributed by atoms with van der Waals surface area (Å²) < 4.78 is 43.5. The molecule has 1 N–H and O–H groups in total. The predicted octanol–water partition coefficient (Wildman–Crippen LogP) is 4.19. The molecule has 8 heteroatoms. The number of rotatable bonds is 5. The zero-order chi connectivity index (χ0) is 17.7. The molecule has 0 saturated carbocycles. The monoisotopic (exact) mass is 357 g/mol. The fraction of sp³-hybridized carbons (Fsp3) is 0.125. The fourth-order valence-corrected chi connectivity index (χ4v) is 2.07. The van der Waals surface area contributed by atoms with Gasteiger partial charge in [0.1, 0.15) is 12.0 Å². The maximum atomic E-state index is 12.8. The Morgan fingerprint density at radius 2 is 1.96 bits per heavy atom. The Bertz CT molecular complexity index is 762. The van der Waals surface area contributed by atoms with Gasteiger partial charge in [-0.15, -0.1) is 0 Å². The number of hydrogen-bond acceptors (Lipinski definition) is 3. The van der Waals surface area contributed by atoms with Crippen LogP contribution >= 0.6 is 11.6 Å². The van der Waals surface area contributed by atoms with E-state index in [1.54, 1.807) is 18.2 Å². The number of halogens is 4. The molecule has 0 aliphatic rings. The Balaban J connectivity index is 2.01. The smallest absolute Gasteiger partial charge is 0.417 e. The van der Waals surface area contributed by atoms with E-state index in [1.807, 2.05) is 0 Å². The van der Waals surface area contributed by atoms with E-state index in [0.717, 1.165) is 12.1 Å². The Morgan fingerprint density at radius 3 is 2.62 bits per heavy atom. The van der Waals surface area contributed by atoms with Crippen molar-refractivity contribution < 1.29 is 27.5 Å². The van der Waals surface area contributed by atoms with Gasteiger partial charge in [-0.25, -0.2) is 0 Å². The molecule has 0 aliphatic carbocycles. The van der Waals surface area contributed by atoms with Gasteiger partial charge in [-0.05, 0) is 30.3 Å². The summed E-state index contributed by atoms with van der Waals surface area (Å²) in [6.45, 7) is -0.424. The highest BCUT2D eigenvalue weighted by Crippen LogP contribution is 2.36. The molecule has 0 heterocycles. The van der Waals surface area contributed by atoms with E-state index < -0.39 is 29.3 Å². The summed E-state index contributed by atoms with van der Waals surface area (Å²) in [5, 5.41) is 1.83. The van der Waals surface area contributed by atoms with Gasteiger partial charge < -0.3 is 10.1 Å². The largest absolute Gasteiger partial charge is 0.484 e. The van der Waals surface area contributed by atoms with Gasteiger partial charge in [-0.1, -0.05) is 23.7 Å². The molecule has 0 radical (unpaired) electrons. The van der Waals surface area contributed by atoms with Crippen molar-refractivity contribution in [3.05, 3.63) is 58.6 Å². The third-order valence-corrected chi connectivity index (χ3v) is 3.25. The van der Waals surface area contributed by atoms with E-state index >= 15 is 0 Å². The molecule has 24 heavy (non-hydrogen) atoms. The van der Waals surface area contributed by atoms with Gasteiger partial charge in [-0.3, -0.25) is 9.59 Å². The minimum Gasteiger partial charge on any atom is -0.484 e. The maximum Gasteiger partial charge on any atom is 0.417 e. The highest BCUT2D eigenvalue weighted by atomic mass is 35.5. The van der Waals surface area contributed by atoms with E-state index in [-0.39, 0.29) is 5.69 Å². The molecule has 0 aliphatic heterocycles. The molecule has 0 fully saturated rings. The topological polar surface area (TPSA) is 55.4 Å². The first-order chi connectivity index (χ1) is 11.3. The Morgan fingerprint density at radius 1 is 1.21 bits per heavy atom. The Kier molecular flexibility index (Phi) is 5.46. The summed E-state index contributed by atoms with van der Waals surface area (Å²) in [7, 11) is 0. The number of benzene rings is 2. The van der Waals surface area contributed by atoms with Gasteiger partial charge in [-0.2, -0.15) is 13.2 Å². The van der Waals surface area contributed by atoms with Crippen LogP contribution < -0.4 is 10.1 Å². The normalized spacial score (nSPS) is 11.0. The molecular weight excluding hydrogens is 347 g/mol. The van der Waals surface area contributed by atoms with Crippen LogP contribution in [0, 0.1) is 0 Å². The highest BCUT2D eigenvalue weighted by molar-refractivity contribution is 6.31. The number of nitrogens with one attached hydrogen (secondary N) is 1. The Hall–Kier alpha value is -2.54. The fourth-order valence-electron chi connectivity index (χ4n) is 1.84. The van der Waals surface area contributed by atoms with Crippen LogP contribution in [-0.4, -0.2) is 18.8 Å². The van der Waals surface area contributed by atoms with Crippen molar-refractivity contribution in [3.63, 3.8) is 0 Å². The van der Waals surface area contributed by atoms with Crippen LogP contribution in [0.5, 0.6) is 5.75 Å². The summed E-state index contributed by atoms with van der Waals surface area (Å²) in [6, 6.07) is 9.16. The molecule has 126 valence electrons. The molecule has 0 spiro atoms. The summed E-state index contributed by atoms with van der Waals surface area (Å²) >= 11 is 5.50. The number of aldehydes is 1. The lowest BCUT2D eigenvalue weighted by Crippen LogP contribution is -2.20. The van der Waals surface area contributed by atoms with E-state index in [0.29, 0.717) is 17.6 Å². The lowest BCUT2D eigenvalue weighted by atomic mass is 10.2. The van der Waals surface area contributed by atoms with Crippen molar-refractivity contribution in [2.75, 3.05) is 11.9 Å². The molecule has 0 saturated heterocycles. The minimum absolute atomic E-state index is 0.0537. The highest BCUT2D eigenvalue weighted by Gasteiger charge is 2.33. The number of anilines is 1. The molecule has 0 unspecified atom stereocenters. The van der Waals surface area contributed by atoms with Gasteiger partial charge in [0.15, 0.2) is 6.61 Å². The number of ether oxygens (including phenoxy) is 1. The summed E-state index contributed by atoms with van der Waals surface area (Å²) in [5.74, 6) is -0.358. The van der Waals surface area contributed by atoms with Gasteiger partial charge in [0.05, 0.1) is 10.6 Å². The molecule has 2 aromatic rings. The first-order valence-electron chi connectivity index (χ1n) is 6.64. The van der Waals surface area contributed by atoms with E-state index in [4.69, 9.17) is 16.3 Å². The summed E-state index contributed by atoms with van der Waals surface area (Å²) in [5.41, 5.74) is -0.719. The second-order valence-corrected chi connectivity index (χ2v) is 5.13. The zero-order valence-corrected chi connectivity index (χ0v) is 12.8. The quantitative estimate of drug-likeness (QED) is 0.816. The van der Waals surface area contributed by atoms with Gasteiger partial charge >= 0.3 is 6.18 Å².